The van der Waals surface area contributed by atoms with E-state index in [0.29, 0.717) is 12.0 Å². The summed E-state index contributed by atoms with van der Waals surface area (Å²) in [6.07, 6.45) is -4.38. The quantitative estimate of drug-likeness (QED) is 0.248. The first-order valence-electron chi connectivity index (χ1n) is 17.4. The van der Waals surface area contributed by atoms with Crippen LogP contribution < -0.4 is 0 Å². The fourth-order valence-corrected chi connectivity index (χ4v) is 7.75. The van der Waals surface area contributed by atoms with Gasteiger partial charge in [0.1, 0.15) is 23.4 Å². The van der Waals surface area contributed by atoms with Gasteiger partial charge in [-0.3, -0.25) is 19.2 Å². The minimum atomic E-state index is -1.73. The zero-order valence-electron chi connectivity index (χ0n) is 30.8. The van der Waals surface area contributed by atoms with Crippen molar-refractivity contribution in [3.8, 4) is 0 Å². The Bertz CT molecular complexity index is 1190. The molecular formula is C36H59NO11. The molecule has 0 aliphatic carbocycles. The number of Topliss-reactive ketones (excluding diaryl/α,β-unsaturated/α-hetero) is 2. The topological polar surface area (TPSA) is 147 Å². The van der Waals surface area contributed by atoms with Crippen molar-refractivity contribution >= 4 is 23.5 Å². The highest BCUT2D eigenvalue weighted by Gasteiger charge is 2.54. The molecule has 13 atom stereocenters. The number of likely N-dealkylation sites (N-methyl/N-ethyl adjacent to an activating group) is 1. The van der Waals surface area contributed by atoms with Gasteiger partial charge >= 0.3 is 11.9 Å². The van der Waals surface area contributed by atoms with E-state index < -0.39 is 83.3 Å². The van der Waals surface area contributed by atoms with Crippen molar-refractivity contribution in [3.05, 3.63) is 12.2 Å². The summed E-state index contributed by atoms with van der Waals surface area (Å²) in [7, 11) is 3.76. The number of ketones is 2. The minimum Gasteiger partial charge on any atom is -0.459 e. The van der Waals surface area contributed by atoms with Crippen molar-refractivity contribution in [3.63, 3.8) is 0 Å². The third kappa shape index (κ3) is 8.55. The molecule has 0 amide bonds. The van der Waals surface area contributed by atoms with Gasteiger partial charge < -0.3 is 38.4 Å². The lowest BCUT2D eigenvalue weighted by Crippen LogP contribution is -2.61. The summed E-state index contributed by atoms with van der Waals surface area (Å²) >= 11 is 0. The van der Waals surface area contributed by atoms with Crippen molar-refractivity contribution in [1.82, 2.24) is 4.90 Å². The third-order valence-corrected chi connectivity index (χ3v) is 10.5. The minimum absolute atomic E-state index is 0.00164. The molecule has 12 nitrogen and oxygen atoms in total. The lowest BCUT2D eigenvalue weighted by molar-refractivity contribution is -0.299. The maximum Gasteiger partial charge on any atom is 0.316 e. The van der Waals surface area contributed by atoms with Crippen LogP contribution in [-0.4, -0.2) is 115 Å². The first-order valence-corrected chi connectivity index (χ1v) is 17.4. The van der Waals surface area contributed by atoms with Crippen molar-refractivity contribution in [2.75, 3.05) is 27.3 Å². The number of rotatable bonds is 6. The molecule has 3 fully saturated rings. The molecule has 274 valence electrons. The van der Waals surface area contributed by atoms with E-state index in [-0.39, 0.29) is 50.4 Å². The number of aliphatic hydroxyl groups is 1. The molecule has 2 bridgehead atoms. The lowest BCUT2D eigenvalue weighted by Gasteiger charge is -2.48. The molecule has 12 heteroatoms. The number of carbonyl (C=O) groups is 4. The Kier molecular flexibility index (Phi) is 13.6. The molecule has 0 aromatic heterocycles. The number of hydrogen-bond acceptors (Lipinski definition) is 12. The van der Waals surface area contributed by atoms with Gasteiger partial charge in [0.25, 0.3) is 0 Å². The molecular weight excluding hydrogens is 622 g/mol. The van der Waals surface area contributed by atoms with Crippen LogP contribution in [0.5, 0.6) is 0 Å². The van der Waals surface area contributed by atoms with Crippen LogP contribution in [0.1, 0.15) is 88.0 Å². The summed E-state index contributed by atoms with van der Waals surface area (Å²) in [4.78, 5) is 56.4. The maximum atomic E-state index is 14.3. The van der Waals surface area contributed by atoms with Gasteiger partial charge in [-0.25, -0.2) is 0 Å². The van der Waals surface area contributed by atoms with Crippen LogP contribution in [0.15, 0.2) is 12.2 Å². The Morgan fingerprint density at radius 1 is 1.04 bits per heavy atom. The normalized spacial score (nSPS) is 42.4. The van der Waals surface area contributed by atoms with Crippen molar-refractivity contribution in [1.29, 1.82) is 0 Å². The van der Waals surface area contributed by atoms with E-state index in [1.54, 1.807) is 41.5 Å². The highest BCUT2D eigenvalue weighted by molar-refractivity contribution is 6.00. The van der Waals surface area contributed by atoms with Crippen LogP contribution in [-0.2, 0) is 47.6 Å². The highest BCUT2D eigenvalue weighted by atomic mass is 16.7. The average Bonchev–Trinajstić information content (AvgIpc) is 3.04. The number of esters is 2. The van der Waals surface area contributed by atoms with Crippen LogP contribution in [0, 0.1) is 23.7 Å². The molecule has 3 saturated heterocycles. The molecule has 3 aliphatic rings. The number of carbonyl (C=O) groups excluding carboxylic acids is 4. The lowest BCUT2D eigenvalue weighted by atomic mass is 9.73. The first-order chi connectivity index (χ1) is 22.3. The number of nitrogens with zero attached hydrogens (tertiary/aromatic N) is 1. The Morgan fingerprint density at radius 3 is 2.25 bits per heavy atom. The Labute approximate surface area is 286 Å². The second kappa shape index (κ2) is 16.2. The number of hydrogen-bond donors (Lipinski definition) is 1. The zero-order valence-corrected chi connectivity index (χ0v) is 30.8. The molecule has 1 N–H and O–H groups in total. The van der Waals surface area contributed by atoms with Gasteiger partial charge in [0.15, 0.2) is 18.2 Å². The number of cyclic esters (lactones) is 1. The molecule has 3 aliphatic heterocycles. The summed E-state index contributed by atoms with van der Waals surface area (Å²) in [5, 5.41) is 12.2. The summed E-state index contributed by atoms with van der Waals surface area (Å²) in [6.45, 7) is 19.3. The molecule has 0 spiro atoms. The molecule has 3 heterocycles. The molecule has 3 rings (SSSR count). The van der Waals surface area contributed by atoms with Gasteiger partial charge in [-0.15, -0.1) is 0 Å². The molecule has 0 saturated carbocycles. The van der Waals surface area contributed by atoms with E-state index >= 15 is 0 Å². The summed E-state index contributed by atoms with van der Waals surface area (Å²) in [6, 6.07) is -0.263. The zero-order chi connectivity index (χ0) is 36.3. The van der Waals surface area contributed by atoms with Crippen molar-refractivity contribution in [2.24, 2.45) is 23.7 Å². The van der Waals surface area contributed by atoms with Crippen LogP contribution in [0.3, 0.4) is 0 Å². The van der Waals surface area contributed by atoms with Crippen molar-refractivity contribution in [2.45, 2.75) is 142 Å². The van der Waals surface area contributed by atoms with Gasteiger partial charge in [0, 0.05) is 24.7 Å². The fraction of sp³-hybridized carbons (Fsp3) is 0.833. The standard InChI is InChI=1S/C36H59NO11/c1-13-27-36(42,14-2)32-22(6)28(39)20(4)16-35(10,44-18-19(3)17-43-32)31(23(7)29(40)24(8)33(41)47-27)48-34-30(46-25(9)38)26(37(11)12)15-21(5)45-34/h20-24,26-27,30-32,34,42H,3,13-18H2,1-2,4-12H3/t20-,21-,22+,23+,24-,26+,27-,30-,31-,32-,34+,35-,36-/m1/s1. The van der Waals surface area contributed by atoms with E-state index in [1.807, 2.05) is 25.9 Å². The SMILES string of the molecule is C=C1CO[C@@H]2[C@@H](C)C(=O)[C@H](C)C[C@@](C)(OC1)[C@H](O[C@@H]1O[C@H](C)C[C@H](N(C)C)[C@H]1OC(C)=O)[C@@H](C)C(=O)[C@@H](C)C(=O)O[C@H](CC)[C@]2(O)CC. The number of ether oxygens (including phenoxy) is 6. The average molecular weight is 682 g/mol. The monoisotopic (exact) mass is 681 g/mol. The van der Waals surface area contributed by atoms with E-state index in [0.717, 1.165) is 0 Å². The second-order valence-electron chi connectivity index (χ2n) is 14.7. The fourth-order valence-electron chi connectivity index (χ4n) is 7.75. The van der Waals surface area contributed by atoms with Crippen LogP contribution in [0.25, 0.3) is 0 Å². The van der Waals surface area contributed by atoms with Crippen molar-refractivity contribution < 1.29 is 52.7 Å². The summed E-state index contributed by atoms with van der Waals surface area (Å²) < 4.78 is 37.7. The maximum absolute atomic E-state index is 14.3. The summed E-state index contributed by atoms with van der Waals surface area (Å²) in [5.74, 6) is -5.63. The van der Waals surface area contributed by atoms with Gasteiger partial charge in [0.05, 0.1) is 43.2 Å². The van der Waals surface area contributed by atoms with Gasteiger partial charge in [0.2, 0.25) is 0 Å². The molecule has 0 radical (unpaired) electrons. The van der Waals surface area contributed by atoms with Gasteiger partial charge in [-0.05, 0) is 66.1 Å². The predicted molar refractivity (Wildman–Crippen MR) is 177 cm³/mol. The van der Waals surface area contributed by atoms with Crippen LogP contribution in [0.2, 0.25) is 0 Å². The van der Waals surface area contributed by atoms with Crippen LogP contribution in [0.4, 0.5) is 0 Å². The molecule has 48 heavy (non-hydrogen) atoms. The highest BCUT2D eigenvalue weighted by Crippen LogP contribution is 2.41. The van der Waals surface area contributed by atoms with Gasteiger partial charge in [-0.1, -0.05) is 41.2 Å². The second-order valence-corrected chi connectivity index (χ2v) is 14.7. The number of fused-ring (bicyclic) bond motifs is 5. The van der Waals surface area contributed by atoms with Crippen LogP contribution >= 0.6 is 0 Å². The van der Waals surface area contributed by atoms with E-state index in [9.17, 15) is 24.3 Å². The van der Waals surface area contributed by atoms with E-state index in [2.05, 4.69) is 6.58 Å². The molecule has 0 aromatic carbocycles. The smallest absolute Gasteiger partial charge is 0.316 e. The third-order valence-electron chi connectivity index (χ3n) is 10.5. The Balaban J connectivity index is 2.25. The van der Waals surface area contributed by atoms with Gasteiger partial charge in [-0.2, -0.15) is 0 Å². The Morgan fingerprint density at radius 2 is 1.69 bits per heavy atom. The predicted octanol–water partition coefficient (Wildman–Crippen LogP) is 3.65. The largest absolute Gasteiger partial charge is 0.459 e. The molecule has 0 aromatic rings. The Hall–Kier alpha value is -2.22. The van der Waals surface area contributed by atoms with E-state index in [1.165, 1.54) is 13.8 Å². The molecule has 0 unspecified atom stereocenters. The first kappa shape index (κ1) is 40.2. The summed E-state index contributed by atoms with van der Waals surface area (Å²) in [5.41, 5.74) is -2.50. The van der Waals surface area contributed by atoms with E-state index in [4.69, 9.17) is 28.4 Å².